The maximum Gasteiger partial charge on any atom is 0.193 e. The third-order valence-corrected chi connectivity index (χ3v) is 4.43. The van der Waals surface area contributed by atoms with Crippen molar-refractivity contribution in [1.29, 1.82) is 0 Å². The Morgan fingerprint density at radius 3 is 2.48 bits per heavy atom. The molecule has 0 aliphatic carbocycles. The molecule has 0 aliphatic heterocycles. The maximum absolute atomic E-state index is 12.4. The highest BCUT2D eigenvalue weighted by molar-refractivity contribution is 9.09. The van der Waals surface area contributed by atoms with Gasteiger partial charge in [0, 0.05) is 23.0 Å². The van der Waals surface area contributed by atoms with Gasteiger partial charge in [-0.05, 0) is 49.2 Å². The largest absolute Gasteiger partial charge is 0.497 e. The summed E-state index contributed by atoms with van der Waals surface area (Å²) in [6, 6.07) is 14.2. The summed E-state index contributed by atoms with van der Waals surface area (Å²) in [5.74, 6) is 1.99. The molecule has 0 N–H and O–H groups in total. The van der Waals surface area contributed by atoms with Gasteiger partial charge >= 0.3 is 0 Å². The van der Waals surface area contributed by atoms with Crippen LogP contribution in [-0.4, -0.2) is 19.0 Å². The molecule has 0 spiro atoms. The SMILES string of the molecule is COc1ccc(-c2cc(=O)c3ccc(OCCCCBr)cc3o2)cc1. The summed E-state index contributed by atoms with van der Waals surface area (Å²) in [5, 5.41) is 1.51. The first-order valence-corrected chi connectivity index (χ1v) is 9.24. The minimum absolute atomic E-state index is 0.0714. The molecular weight excluding hydrogens is 384 g/mol. The first kappa shape index (κ1) is 17.5. The lowest BCUT2D eigenvalue weighted by Crippen LogP contribution is -2.02. The summed E-state index contributed by atoms with van der Waals surface area (Å²) < 4.78 is 16.8. The van der Waals surface area contributed by atoms with Crippen LogP contribution in [0.4, 0.5) is 0 Å². The Morgan fingerprint density at radius 2 is 1.76 bits per heavy atom. The lowest BCUT2D eigenvalue weighted by Gasteiger charge is -2.08. The van der Waals surface area contributed by atoms with Crippen LogP contribution in [0.2, 0.25) is 0 Å². The van der Waals surface area contributed by atoms with Crippen molar-refractivity contribution in [2.75, 3.05) is 19.0 Å². The molecule has 0 fully saturated rings. The van der Waals surface area contributed by atoms with E-state index in [0.29, 0.717) is 29.1 Å². The number of fused-ring (bicyclic) bond motifs is 1. The van der Waals surface area contributed by atoms with E-state index in [9.17, 15) is 4.79 Å². The molecule has 1 aromatic heterocycles. The Balaban J connectivity index is 1.91. The molecule has 0 atom stereocenters. The normalized spacial score (nSPS) is 10.8. The van der Waals surface area contributed by atoms with Crippen molar-refractivity contribution in [3.63, 3.8) is 0 Å². The lowest BCUT2D eigenvalue weighted by atomic mass is 10.1. The van der Waals surface area contributed by atoms with E-state index in [1.165, 1.54) is 6.07 Å². The fraction of sp³-hybridized carbons (Fsp3) is 0.250. The van der Waals surface area contributed by atoms with Crippen molar-refractivity contribution in [1.82, 2.24) is 0 Å². The van der Waals surface area contributed by atoms with Crippen molar-refractivity contribution < 1.29 is 13.9 Å². The van der Waals surface area contributed by atoms with Crippen molar-refractivity contribution >= 4 is 26.9 Å². The molecule has 0 saturated carbocycles. The second-order valence-electron chi connectivity index (χ2n) is 5.61. The van der Waals surface area contributed by atoms with Crippen LogP contribution in [0.5, 0.6) is 11.5 Å². The first-order chi connectivity index (χ1) is 12.2. The minimum Gasteiger partial charge on any atom is -0.497 e. The molecule has 0 bridgehead atoms. The molecule has 1 heterocycles. The van der Waals surface area contributed by atoms with Gasteiger partial charge in [-0.25, -0.2) is 0 Å². The molecule has 0 aliphatic rings. The molecule has 130 valence electrons. The number of hydrogen-bond acceptors (Lipinski definition) is 4. The van der Waals surface area contributed by atoms with Crippen LogP contribution in [-0.2, 0) is 0 Å². The van der Waals surface area contributed by atoms with Crippen LogP contribution in [0.1, 0.15) is 12.8 Å². The molecule has 25 heavy (non-hydrogen) atoms. The monoisotopic (exact) mass is 402 g/mol. The fourth-order valence-electron chi connectivity index (χ4n) is 2.51. The standard InChI is InChI=1S/C20H19BrO4/c1-23-15-6-4-14(5-7-15)19-13-18(22)17-9-8-16(12-20(17)25-19)24-11-3-2-10-21/h4-9,12-13H,2-3,10-11H2,1H3. The predicted octanol–water partition coefficient (Wildman–Crippen LogP) is 5.02. The zero-order valence-corrected chi connectivity index (χ0v) is 15.5. The fourth-order valence-corrected chi connectivity index (χ4v) is 2.91. The van der Waals surface area contributed by atoms with E-state index in [0.717, 1.165) is 29.5 Å². The van der Waals surface area contributed by atoms with Gasteiger partial charge in [0.1, 0.15) is 22.8 Å². The average Bonchev–Trinajstić information content (AvgIpc) is 2.65. The third kappa shape index (κ3) is 4.23. The van der Waals surface area contributed by atoms with Crippen molar-refractivity contribution in [3.8, 4) is 22.8 Å². The van der Waals surface area contributed by atoms with Gasteiger partial charge in [-0.15, -0.1) is 0 Å². The van der Waals surface area contributed by atoms with E-state index in [1.807, 2.05) is 24.3 Å². The van der Waals surface area contributed by atoms with E-state index in [4.69, 9.17) is 13.9 Å². The Bertz CT molecular complexity index is 900. The quantitative estimate of drug-likeness (QED) is 0.411. The molecule has 2 aromatic carbocycles. The number of methoxy groups -OCH3 is 1. The van der Waals surface area contributed by atoms with Gasteiger partial charge in [-0.2, -0.15) is 0 Å². The molecule has 5 heteroatoms. The topological polar surface area (TPSA) is 48.7 Å². The molecule has 0 saturated heterocycles. The number of unbranched alkanes of at least 4 members (excludes halogenated alkanes) is 1. The van der Waals surface area contributed by atoms with Gasteiger partial charge in [0.25, 0.3) is 0 Å². The molecule has 0 radical (unpaired) electrons. The van der Waals surface area contributed by atoms with Gasteiger partial charge in [0.05, 0.1) is 19.1 Å². The second-order valence-corrected chi connectivity index (χ2v) is 6.40. The van der Waals surface area contributed by atoms with Gasteiger partial charge in [0.15, 0.2) is 5.43 Å². The van der Waals surface area contributed by atoms with Crippen LogP contribution in [0, 0.1) is 0 Å². The highest BCUT2D eigenvalue weighted by atomic mass is 79.9. The highest BCUT2D eigenvalue weighted by Crippen LogP contribution is 2.26. The first-order valence-electron chi connectivity index (χ1n) is 8.12. The molecule has 0 amide bonds. The van der Waals surface area contributed by atoms with Gasteiger partial charge < -0.3 is 13.9 Å². The second kappa shape index (κ2) is 8.21. The summed E-state index contributed by atoms with van der Waals surface area (Å²) in [7, 11) is 1.62. The number of halogens is 1. The summed E-state index contributed by atoms with van der Waals surface area (Å²) >= 11 is 3.40. The number of benzene rings is 2. The van der Waals surface area contributed by atoms with Crippen LogP contribution in [0.3, 0.4) is 0 Å². The van der Waals surface area contributed by atoms with Gasteiger partial charge in [-0.3, -0.25) is 4.79 Å². The Hall–Kier alpha value is -2.27. The molecule has 3 rings (SSSR count). The number of rotatable bonds is 7. The molecular formula is C20H19BrO4. The number of hydrogen-bond donors (Lipinski definition) is 0. The lowest BCUT2D eigenvalue weighted by molar-refractivity contribution is 0.310. The molecule has 3 aromatic rings. The van der Waals surface area contributed by atoms with Crippen molar-refractivity contribution in [2.45, 2.75) is 12.8 Å². The number of alkyl halides is 1. The van der Waals surface area contributed by atoms with E-state index in [-0.39, 0.29) is 5.43 Å². The zero-order chi connectivity index (χ0) is 17.6. The smallest absolute Gasteiger partial charge is 0.193 e. The van der Waals surface area contributed by atoms with Crippen LogP contribution in [0.25, 0.3) is 22.3 Å². The molecule has 0 unspecified atom stereocenters. The van der Waals surface area contributed by atoms with E-state index in [1.54, 1.807) is 25.3 Å². The van der Waals surface area contributed by atoms with Crippen LogP contribution < -0.4 is 14.9 Å². The summed E-state index contributed by atoms with van der Waals surface area (Å²) in [5.41, 5.74) is 1.28. The summed E-state index contributed by atoms with van der Waals surface area (Å²) in [6.07, 6.45) is 2.03. The summed E-state index contributed by atoms with van der Waals surface area (Å²) in [4.78, 5) is 12.4. The zero-order valence-electron chi connectivity index (χ0n) is 14.0. The van der Waals surface area contributed by atoms with Gasteiger partial charge in [-0.1, -0.05) is 15.9 Å². The minimum atomic E-state index is -0.0714. The highest BCUT2D eigenvalue weighted by Gasteiger charge is 2.08. The number of ether oxygens (including phenoxy) is 2. The van der Waals surface area contributed by atoms with Crippen molar-refractivity contribution in [2.24, 2.45) is 0 Å². The maximum atomic E-state index is 12.4. The van der Waals surface area contributed by atoms with E-state index >= 15 is 0 Å². The summed E-state index contributed by atoms with van der Waals surface area (Å²) in [6.45, 7) is 0.638. The van der Waals surface area contributed by atoms with Crippen LogP contribution in [0.15, 0.2) is 57.7 Å². The van der Waals surface area contributed by atoms with Gasteiger partial charge in [0.2, 0.25) is 0 Å². The average molecular weight is 403 g/mol. The third-order valence-electron chi connectivity index (χ3n) is 3.87. The molecule has 4 nitrogen and oxygen atoms in total. The predicted molar refractivity (Wildman–Crippen MR) is 103 cm³/mol. The Morgan fingerprint density at radius 1 is 1.00 bits per heavy atom. The van der Waals surface area contributed by atoms with Crippen LogP contribution >= 0.6 is 15.9 Å². The Kier molecular flexibility index (Phi) is 5.76. The van der Waals surface area contributed by atoms with E-state index < -0.39 is 0 Å². The van der Waals surface area contributed by atoms with Crippen molar-refractivity contribution in [3.05, 3.63) is 58.8 Å². The van der Waals surface area contributed by atoms with E-state index in [2.05, 4.69) is 15.9 Å². The Labute approximate surface area is 154 Å².